The van der Waals surface area contributed by atoms with Crippen molar-refractivity contribution in [2.24, 2.45) is 0 Å². The molecule has 0 unspecified atom stereocenters. The second-order valence-corrected chi connectivity index (χ2v) is 18.3. The summed E-state index contributed by atoms with van der Waals surface area (Å²) < 4.78 is 9.08. The summed E-state index contributed by atoms with van der Waals surface area (Å²) >= 11 is 1.88. The number of ether oxygens (including phenoxy) is 1. The Labute approximate surface area is 370 Å². The van der Waals surface area contributed by atoms with Crippen LogP contribution in [0.3, 0.4) is 0 Å². The van der Waals surface area contributed by atoms with Crippen LogP contribution in [0.1, 0.15) is 25.0 Å². The molecule has 0 saturated heterocycles. The van der Waals surface area contributed by atoms with Crippen molar-refractivity contribution in [3.8, 4) is 33.8 Å². The number of benzene rings is 10. The molecule has 0 amide bonds. The van der Waals surface area contributed by atoms with E-state index in [2.05, 4.69) is 218 Å². The maximum Gasteiger partial charge on any atom is 0.151 e. The van der Waals surface area contributed by atoms with Crippen molar-refractivity contribution >= 4 is 87.2 Å². The fourth-order valence-corrected chi connectivity index (χ4v) is 11.6. The number of anilines is 6. The highest BCUT2D eigenvalue weighted by Crippen LogP contribution is 2.56. The van der Waals surface area contributed by atoms with E-state index >= 15 is 0 Å². The number of thiophene rings is 1. The highest BCUT2D eigenvalue weighted by Gasteiger charge is 2.38. The van der Waals surface area contributed by atoms with Crippen LogP contribution in [0.5, 0.6) is 11.5 Å². The van der Waals surface area contributed by atoms with Gasteiger partial charge in [0.05, 0.1) is 22.7 Å². The van der Waals surface area contributed by atoms with Gasteiger partial charge in [0.2, 0.25) is 0 Å². The normalized spacial score (nSPS) is 13.7. The molecule has 3 nitrogen and oxygen atoms in total. The quantitative estimate of drug-likeness (QED) is 0.164. The molecule has 1 aromatic heterocycles. The van der Waals surface area contributed by atoms with E-state index in [0.717, 1.165) is 34.2 Å². The first-order chi connectivity index (χ1) is 31.0. The van der Waals surface area contributed by atoms with Crippen LogP contribution in [0.2, 0.25) is 0 Å². The maximum absolute atomic E-state index is 6.45. The Morgan fingerprint density at radius 3 is 1.49 bits per heavy atom. The van der Waals surface area contributed by atoms with E-state index in [9.17, 15) is 0 Å². The minimum absolute atomic E-state index is 0.207. The number of para-hydroxylation sites is 5. The zero-order chi connectivity index (χ0) is 41.8. The van der Waals surface area contributed by atoms with Crippen molar-refractivity contribution < 1.29 is 4.74 Å². The van der Waals surface area contributed by atoms with Crippen molar-refractivity contribution in [1.82, 2.24) is 0 Å². The van der Waals surface area contributed by atoms with Gasteiger partial charge in [-0.05, 0) is 128 Å². The molecule has 0 aliphatic carbocycles. The molecule has 10 aromatic carbocycles. The molecular weight excluding hydrogens is 785 g/mol. The van der Waals surface area contributed by atoms with Crippen LogP contribution in [0.25, 0.3) is 64.0 Å². The summed E-state index contributed by atoms with van der Waals surface area (Å²) in [4.78, 5) is 4.87. The third-order valence-electron chi connectivity index (χ3n) is 13.4. The van der Waals surface area contributed by atoms with Crippen molar-refractivity contribution in [3.63, 3.8) is 0 Å². The van der Waals surface area contributed by atoms with Crippen molar-refractivity contribution in [1.29, 1.82) is 0 Å². The first-order valence-electron chi connectivity index (χ1n) is 21.7. The minimum atomic E-state index is -0.207. The van der Waals surface area contributed by atoms with E-state index in [1.807, 2.05) is 23.5 Å². The molecule has 13 rings (SSSR count). The van der Waals surface area contributed by atoms with Gasteiger partial charge < -0.3 is 14.5 Å². The number of hydrogen-bond donors (Lipinski definition) is 0. The van der Waals surface area contributed by atoms with Gasteiger partial charge in [-0.25, -0.2) is 0 Å². The Kier molecular flexibility index (Phi) is 7.82. The van der Waals surface area contributed by atoms with Crippen molar-refractivity contribution in [2.75, 3.05) is 9.80 Å². The van der Waals surface area contributed by atoms with Crippen LogP contribution in [0.4, 0.5) is 34.1 Å². The lowest BCUT2D eigenvalue weighted by Gasteiger charge is -2.42. The third kappa shape index (κ3) is 5.38. The lowest BCUT2D eigenvalue weighted by atomic mass is 9.73. The monoisotopic (exact) mass is 824 g/mol. The molecule has 11 aromatic rings. The van der Waals surface area contributed by atoms with Crippen LogP contribution in [0.15, 0.2) is 206 Å². The molecular formula is C59H40N2OS. The molecule has 2 aliphatic heterocycles. The van der Waals surface area contributed by atoms with Crippen LogP contribution in [0, 0.1) is 0 Å². The molecule has 0 atom stereocenters. The molecule has 63 heavy (non-hydrogen) atoms. The van der Waals surface area contributed by atoms with Gasteiger partial charge in [0.15, 0.2) is 11.5 Å². The lowest BCUT2D eigenvalue weighted by Crippen LogP contribution is -2.30. The summed E-state index contributed by atoms with van der Waals surface area (Å²) in [6, 6.07) is 75.5. The largest absolute Gasteiger partial charge is 0.453 e. The Morgan fingerprint density at radius 2 is 0.873 bits per heavy atom. The second kappa shape index (κ2) is 13.7. The van der Waals surface area contributed by atoms with Crippen LogP contribution in [-0.2, 0) is 5.41 Å². The molecule has 2 aliphatic rings. The second-order valence-electron chi connectivity index (χ2n) is 17.3. The van der Waals surface area contributed by atoms with Gasteiger partial charge in [-0.3, -0.25) is 0 Å². The molecule has 4 heteroatoms. The average molecular weight is 825 g/mol. The summed E-state index contributed by atoms with van der Waals surface area (Å²) in [6.07, 6.45) is 0. The Balaban J connectivity index is 1.11. The zero-order valence-corrected chi connectivity index (χ0v) is 35.7. The van der Waals surface area contributed by atoms with E-state index in [-0.39, 0.29) is 5.41 Å². The molecule has 3 heterocycles. The smallest absolute Gasteiger partial charge is 0.151 e. The standard InChI is InChI=1S/C59H40N2OS/c1-59(2)47-22-10-11-23-49(47)60(52-36-56-44(35-48(52)59)41-21-9-16-28-55(41)63-56)39-29-31-42-45(33-39)57(37-17-5-3-6-18-37)43-32-30-40(34-46(43)58(42)38-19-7-4-8-20-38)61-50-24-12-14-26-53(50)62-54-27-15-13-25-51(54)61/h3-36H,1-2H3. The highest BCUT2D eigenvalue weighted by atomic mass is 32.1. The zero-order valence-electron chi connectivity index (χ0n) is 34.8. The minimum Gasteiger partial charge on any atom is -0.453 e. The lowest BCUT2D eigenvalue weighted by molar-refractivity contribution is 0.477. The number of fused-ring (bicyclic) bond motifs is 9. The Hall–Kier alpha value is -7.66. The average Bonchev–Trinajstić information content (AvgIpc) is 3.70. The predicted molar refractivity (Wildman–Crippen MR) is 267 cm³/mol. The summed E-state index contributed by atoms with van der Waals surface area (Å²) in [6.45, 7) is 4.77. The van der Waals surface area contributed by atoms with E-state index in [0.29, 0.717) is 0 Å². The Bertz CT molecular complexity index is 3600. The van der Waals surface area contributed by atoms with Gasteiger partial charge in [0.1, 0.15) is 0 Å². The summed E-state index contributed by atoms with van der Waals surface area (Å²) in [5, 5.41) is 7.48. The fraction of sp³-hybridized carbons (Fsp3) is 0.0508. The Morgan fingerprint density at radius 1 is 0.365 bits per heavy atom. The molecule has 298 valence electrons. The van der Waals surface area contributed by atoms with Gasteiger partial charge in [-0.2, -0.15) is 0 Å². The predicted octanol–water partition coefficient (Wildman–Crippen LogP) is 17.4. The first kappa shape index (κ1) is 36.0. The maximum atomic E-state index is 6.45. The van der Waals surface area contributed by atoms with Crippen LogP contribution < -0.4 is 14.5 Å². The van der Waals surface area contributed by atoms with E-state index in [1.165, 1.54) is 86.5 Å². The van der Waals surface area contributed by atoms with Crippen molar-refractivity contribution in [2.45, 2.75) is 19.3 Å². The summed E-state index contributed by atoms with van der Waals surface area (Å²) in [5.74, 6) is 1.68. The number of hydrogen-bond acceptors (Lipinski definition) is 4. The SMILES string of the molecule is CC1(C)c2ccccc2N(c2ccc3c(-c4ccccc4)c4cc(N5c6ccccc6Oc6ccccc65)ccc4c(-c4ccccc4)c3c2)c2cc3sc4ccccc4c3cc21. The first-order valence-corrected chi connectivity index (χ1v) is 22.5. The molecule has 0 radical (unpaired) electrons. The van der Waals surface area contributed by atoms with Gasteiger partial charge in [0, 0.05) is 37.0 Å². The van der Waals surface area contributed by atoms with Crippen LogP contribution >= 0.6 is 11.3 Å². The topological polar surface area (TPSA) is 15.7 Å². The van der Waals surface area contributed by atoms with Gasteiger partial charge in [0.25, 0.3) is 0 Å². The number of rotatable bonds is 4. The van der Waals surface area contributed by atoms with Gasteiger partial charge in [-0.1, -0.05) is 147 Å². The van der Waals surface area contributed by atoms with Gasteiger partial charge >= 0.3 is 0 Å². The molecule has 0 N–H and O–H groups in total. The molecule has 0 saturated carbocycles. The number of nitrogens with zero attached hydrogens (tertiary/aromatic N) is 2. The van der Waals surface area contributed by atoms with E-state index in [4.69, 9.17) is 4.74 Å². The third-order valence-corrected chi connectivity index (χ3v) is 14.5. The van der Waals surface area contributed by atoms with E-state index < -0.39 is 0 Å². The highest BCUT2D eigenvalue weighted by molar-refractivity contribution is 7.25. The fourth-order valence-electron chi connectivity index (χ4n) is 10.5. The summed E-state index contributed by atoms with van der Waals surface area (Å²) in [7, 11) is 0. The summed E-state index contributed by atoms with van der Waals surface area (Å²) in [5.41, 5.74) is 14.0. The molecule has 0 bridgehead atoms. The molecule has 0 fully saturated rings. The van der Waals surface area contributed by atoms with Gasteiger partial charge in [-0.15, -0.1) is 11.3 Å². The van der Waals surface area contributed by atoms with Crippen LogP contribution in [-0.4, -0.2) is 0 Å². The van der Waals surface area contributed by atoms with E-state index in [1.54, 1.807) is 0 Å². The molecule has 0 spiro atoms. The van der Waals surface area contributed by atoms with Crippen molar-refractivity contribution in [3.05, 3.63) is 217 Å².